The fourth-order valence-electron chi connectivity index (χ4n) is 6.89. The number of hydrogen-bond donors (Lipinski definition) is 1. The molecule has 27 heavy (non-hydrogen) atoms. The Bertz CT molecular complexity index is 651. The number of hydrogen-bond acceptors (Lipinski definition) is 5. The molecule has 0 aromatic heterocycles. The average molecular weight is 397 g/mol. The summed E-state index contributed by atoms with van der Waals surface area (Å²) in [5, 5.41) is 4.25. The topological polar surface area (TPSA) is 81.8 Å². The monoisotopic (exact) mass is 396 g/mol. The molecule has 0 heterocycles. The third-order valence-electron chi connectivity index (χ3n) is 8.41. The van der Waals surface area contributed by atoms with Crippen LogP contribution in [0.25, 0.3) is 0 Å². The molecule has 0 bridgehead atoms. The molecule has 4 saturated carbocycles. The van der Waals surface area contributed by atoms with Gasteiger partial charge in [0, 0.05) is 30.7 Å². The van der Waals surface area contributed by atoms with E-state index in [1.54, 1.807) is 0 Å². The zero-order valence-electron chi connectivity index (χ0n) is 16.5. The van der Waals surface area contributed by atoms with Gasteiger partial charge >= 0.3 is 0 Å². The van der Waals surface area contributed by atoms with E-state index in [0.29, 0.717) is 55.3 Å². The molecule has 0 aromatic carbocycles. The van der Waals surface area contributed by atoms with Crippen molar-refractivity contribution in [2.45, 2.75) is 65.2 Å². The summed E-state index contributed by atoms with van der Waals surface area (Å²) in [5.74, 6) is 2.29. The van der Waals surface area contributed by atoms with Crippen molar-refractivity contribution in [2.75, 3.05) is 13.2 Å². The van der Waals surface area contributed by atoms with Gasteiger partial charge < -0.3 is 10.6 Å². The van der Waals surface area contributed by atoms with E-state index >= 15 is 0 Å². The van der Waals surface area contributed by atoms with Crippen molar-refractivity contribution in [3.63, 3.8) is 0 Å². The lowest BCUT2D eigenvalue weighted by atomic mass is 9.45. The van der Waals surface area contributed by atoms with E-state index in [1.165, 1.54) is 0 Å². The second kappa shape index (κ2) is 7.47. The molecule has 3 unspecified atom stereocenters. The van der Waals surface area contributed by atoms with Gasteiger partial charge in [0.05, 0.1) is 5.71 Å². The van der Waals surface area contributed by atoms with E-state index in [4.69, 9.17) is 10.6 Å². The molecule has 0 spiro atoms. The highest BCUT2D eigenvalue weighted by Crippen LogP contribution is 2.64. The minimum absolute atomic E-state index is 0. The lowest BCUT2D eigenvalue weighted by molar-refractivity contribution is -0.152. The number of carbonyl (C=O) groups is 2. The highest BCUT2D eigenvalue weighted by atomic mass is 35.5. The van der Waals surface area contributed by atoms with Crippen LogP contribution in [-0.4, -0.2) is 30.4 Å². The van der Waals surface area contributed by atoms with Gasteiger partial charge in [-0.3, -0.25) is 9.59 Å². The molecule has 0 aromatic rings. The Morgan fingerprint density at radius 2 is 1.89 bits per heavy atom. The SMILES string of the molecule is C[C@]12CCC3C(CC(=O)[C@H]4CC(=NOCCN)CC[C@]34C)C1CCC2=O.Cl. The van der Waals surface area contributed by atoms with E-state index in [-0.39, 0.29) is 29.2 Å². The molecule has 4 aliphatic carbocycles. The number of Topliss-reactive ketones (excluding diaryl/α,β-unsaturated/α-hetero) is 2. The van der Waals surface area contributed by atoms with Gasteiger partial charge in [-0.15, -0.1) is 12.4 Å². The van der Waals surface area contributed by atoms with Gasteiger partial charge in [0.1, 0.15) is 18.2 Å². The maximum atomic E-state index is 13.1. The van der Waals surface area contributed by atoms with Crippen LogP contribution in [0.3, 0.4) is 0 Å². The van der Waals surface area contributed by atoms with E-state index in [9.17, 15) is 9.59 Å². The lowest BCUT2D eigenvalue weighted by Crippen LogP contribution is -2.56. The maximum absolute atomic E-state index is 13.1. The molecule has 0 aliphatic heterocycles. The van der Waals surface area contributed by atoms with Crippen LogP contribution in [0.2, 0.25) is 0 Å². The highest BCUT2D eigenvalue weighted by Gasteiger charge is 2.62. The predicted octanol–water partition coefficient (Wildman–Crippen LogP) is 3.53. The summed E-state index contributed by atoms with van der Waals surface area (Å²) in [6, 6.07) is 0. The number of halogens is 1. The summed E-state index contributed by atoms with van der Waals surface area (Å²) < 4.78 is 0. The molecule has 0 radical (unpaired) electrons. The van der Waals surface area contributed by atoms with Gasteiger partial charge in [-0.1, -0.05) is 19.0 Å². The number of nitrogens with zero attached hydrogens (tertiary/aromatic N) is 1. The Labute approximate surface area is 168 Å². The predicted molar refractivity (Wildman–Crippen MR) is 107 cm³/mol. The van der Waals surface area contributed by atoms with E-state index in [2.05, 4.69) is 19.0 Å². The van der Waals surface area contributed by atoms with Gasteiger partial charge in [0.25, 0.3) is 0 Å². The van der Waals surface area contributed by atoms with Crippen LogP contribution >= 0.6 is 12.4 Å². The van der Waals surface area contributed by atoms with Gasteiger partial charge in [-0.05, 0) is 61.7 Å². The van der Waals surface area contributed by atoms with Crippen LogP contribution in [0.15, 0.2) is 5.16 Å². The van der Waals surface area contributed by atoms with Crippen molar-refractivity contribution >= 4 is 29.7 Å². The Balaban J connectivity index is 0.00000210. The van der Waals surface area contributed by atoms with Crippen LogP contribution in [0.1, 0.15) is 65.2 Å². The fraction of sp³-hybridized carbons (Fsp3) is 0.857. The molecule has 4 fully saturated rings. The van der Waals surface area contributed by atoms with Crippen molar-refractivity contribution < 1.29 is 14.4 Å². The number of carbonyl (C=O) groups excluding carboxylic acids is 2. The molecule has 0 amide bonds. The first-order valence-electron chi connectivity index (χ1n) is 10.3. The quantitative estimate of drug-likeness (QED) is 0.584. The summed E-state index contributed by atoms with van der Waals surface area (Å²) in [4.78, 5) is 30.9. The summed E-state index contributed by atoms with van der Waals surface area (Å²) in [6.07, 6.45) is 7.13. The number of nitrogens with two attached hydrogens (primary N) is 1. The molecular weight excluding hydrogens is 364 g/mol. The van der Waals surface area contributed by atoms with Crippen LogP contribution in [0.5, 0.6) is 0 Å². The Kier molecular flexibility index (Phi) is 5.75. The molecule has 2 N–H and O–H groups in total. The van der Waals surface area contributed by atoms with Gasteiger partial charge in [-0.25, -0.2) is 0 Å². The van der Waals surface area contributed by atoms with Crippen molar-refractivity contribution in [1.29, 1.82) is 0 Å². The molecule has 4 aliphatic rings. The van der Waals surface area contributed by atoms with E-state index < -0.39 is 0 Å². The molecule has 152 valence electrons. The highest BCUT2D eigenvalue weighted by molar-refractivity contribution is 5.93. The number of fused-ring (bicyclic) bond motifs is 5. The maximum Gasteiger partial charge on any atom is 0.139 e. The van der Waals surface area contributed by atoms with E-state index in [1.807, 2.05) is 0 Å². The van der Waals surface area contributed by atoms with Gasteiger partial charge in [0.15, 0.2) is 0 Å². The van der Waals surface area contributed by atoms with Crippen LogP contribution < -0.4 is 5.73 Å². The molecule has 4 rings (SSSR count). The normalized spacial score (nSPS) is 44.9. The first-order valence-corrected chi connectivity index (χ1v) is 10.3. The van der Waals surface area contributed by atoms with Crippen LogP contribution in [0, 0.1) is 34.5 Å². The number of oxime groups is 1. The van der Waals surface area contributed by atoms with Crippen molar-refractivity contribution in [3.05, 3.63) is 0 Å². The standard InChI is InChI=1S/C21H32N2O3.ClH/c1-20-7-5-13(23-26-10-9-22)11-17(20)18(24)12-14-15-3-4-19(25)21(15,2)8-6-16(14)20;/h14-17H,3-12,22H2,1-2H3;1H/t14?,15?,16?,17-,20-,21+;/m1./s1. The second-order valence-electron chi connectivity index (χ2n) is 9.51. The van der Waals surface area contributed by atoms with Gasteiger partial charge in [-0.2, -0.15) is 0 Å². The summed E-state index contributed by atoms with van der Waals surface area (Å²) in [6.45, 7) is 5.39. The lowest BCUT2D eigenvalue weighted by Gasteiger charge is -2.58. The molecule has 5 nitrogen and oxygen atoms in total. The van der Waals surface area contributed by atoms with E-state index in [0.717, 1.165) is 44.2 Å². The summed E-state index contributed by atoms with van der Waals surface area (Å²) >= 11 is 0. The first-order chi connectivity index (χ1) is 12.4. The fourth-order valence-corrected chi connectivity index (χ4v) is 6.89. The first kappa shape index (κ1) is 20.8. The summed E-state index contributed by atoms with van der Waals surface area (Å²) in [7, 11) is 0. The molecule has 6 atom stereocenters. The average Bonchev–Trinajstić information content (AvgIpc) is 2.92. The minimum Gasteiger partial charge on any atom is -0.395 e. The van der Waals surface area contributed by atoms with Crippen LogP contribution in [0.4, 0.5) is 0 Å². The Morgan fingerprint density at radius 1 is 1.11 bits per heavy atom. The van der Waals surface area contributed by atoms with Crippen molar-refractivity contribution in [3.8, 4) is 0 Å². The third-order valence-corrected chi connectivity index (χ3v) is 8.41. The molecule has 6 heteroatoms. The summed E-state index contributed by atoms with van der Waals surface area (Å²) in [5.41, 5.74) is 6.37. The largest absolute Gasteiger partial charge is 0.395 e. The van der Waals surface area contributed by atoms with Crippen molar-refractivity contribution in [1.82, 2.24) is 0 Å². The third kappa shape index (κ3) is 3.15. The minimum atomic E-state index is -0.165. The molecule has 0 saturated heterocycles. The smallest absolute Gasteiger partial charge is 0.139 e. The van der Waals surface area contributed by atoms with Gasteiger partial charge in [0.2, 0.25) is 0 Å². The number of ketones is 2. The second-order valence-corrected chi connectivity index (χ2v) is 9.51. The number of rotatable bonds is 3. The molecular formula is C21H33ClN2O3. The van der Waals surface area contributed by atoms with Crippen molar-refractivity contribution in [2.24, 2.45) is 45.4 Å². The zero-order chi connectivity index (χ0) is 18.5. The zero-order valence-corrected chi connectivity index (χ0v) is 17.4. The Morgan fingerprint density at radius 3 is 2.63 bits per heavy atom. The van der Waals surface area contributed by atoms with Crippen LogP contribution in [-0.2, 0) is 14.4 Å². The Hall–Kier alpha value is -0.940.